The molecule has 1 saturated heterocycles. The van der Waals surface area contributed by atoms with Gasteiger partial charge in [0.2, 0.25) is 0 Å². The van der Waals surface area contributed by atoms with E-state index < -0.39 is 0 Å². The maximum absolute atomic E-state index is 2.53. The van der Waals surface area contributed by atoms with Crippen LogP contribution in [0.5, 0.6) is 0 Å². The van der Waals surface area contributed by atoms with Crippen LogP contribution in [0.25, 0.3) is 0 Å². The molecule has 0 N–H and O–H groups in total. The molecule has 142 valence electrons. The molecule has 2 nitrogen and oxygen atoms in total. The minimum absolute atomic E-state index is 0.223. The highest BCUT2D eigenvalue weighted by molar-refractivity contribution is 5.60. The van der Waals surface area contributed by atoms with Gasteiger partial charge in [-0.15, -0.1) is 0 Å². The van der Waals surface area contributed by atoms with Gasteiger partial charge in [-0.2, -0.15) is 0 Å². The molecule has 1 fully saturated rings. The van der Waals surface area contributed by atoms with E-state index in [1.54, 1.807) is 0 Å². The molecule has 29 heavy (non-hydrogen) atoms. The quantitative estimate of drug-likeness (QED) is 0.404. The van der Waals surface area contributed by atoms with Crippen molar-refractivity contribution in [2.45, 2.75) is 12.1 Å². The van der Waals surface area contributed by atoms with Crippen LogP contribution >= 0.6 is 0 Å². The Morgan fingerprint density at radius 3 is 1.07 bits per heavy atom. The number of hydrogen-bond donors (Lipinski definition) is 0. The van der Waals surface area contributed by atoms with Crippen molar-refractivity contribution in [1.29, 1.82) is 0 Å². The lowest BCUT2D eigenvalue weighted by molar-refractivity contribution is 0.618. The monoisotopic (exact) mass is 376 g/mol. The molecule has 0 bridgehead atoms. The number of benzene rings is 4. The molecule has 0 saturated carbocycles. The number of hydrogen-bond acceptors (Lipinski definition) is 2. The van der Waals surface area contributed by atoms with Gasteiger partial charge in [0.1, 0.15) is 0 Å². The van der Waals surface area contributed by atoms with Crippen molar-refractivity contribution in [3.63, 3.8) is 0 Å². The molecule has 0 spiro atoms. The molecule has 1 heterocycles. The summed E-state index contributed by atoms with van der Waals surface area (Å²) < 4.78 is 0. The Morgan fingerprint density at radius 2 is 0.724 bits per heavy atom. The predicted octanol–water partition coefficient (Wildman–Crippen LogP) is 6.45. The second kappa shape index (κ2) is 7.84. The average Bonchev–Trinajstić information content (AvgIpc) is 3.22. The molecule has 4 aromatic carbocycles. The Labute approximate surface area is 172 Å². The van der Waals surface area contributed by atoms with Crippen molar-refractivity contribution in [1.82, 2.24) is 0 Å². The first-order chi connectivity index (χ1) is 14.4. The van der Waals surface area contributed by atoms with Gasteiger partial charge in [0.15, 0.2) is 0 Å². The van der Waals surface area contributed by atoms with Crippen molar-refractivity contribution in [3.8, 4) is 0 Å². The Bertz CT molecular complexity index is 946. The average molecular weight is 377 g/mol. The van der Waals surface area contributed by atoms with E-state index in [9.17, 15) is 0 Å². The smallest absolute Gasteiger partial charge is 0.0917 e. The van der Waals surface area contributed by atoms with Crippen molar-refractivity contribution in [3.05, 3.63) is 132 Å². The predicted molar refractivity (Wildman–Crippen MR) is 121 cm³/mol. The molecule has 0 aliphatic carbocycles. The zero-order valence-corrected chi connectivity index (χ0v) is 16.3. The standard InChI is InChI=1S/C27H24N2/c1-5-13-22(14-6-1)26-27(23-15-7-2-8-16-23)29(25-19-11-4-12-20-25)21-28(26)24-17-9-3-10-18-24/h1-20,26-27H,21H2. The number of rotatable bonds is 4. The zero-order valence-electron chi connectivity index (χ0n) is 16.3. The van der Waals surface area contributed by atoms with E-state index in [-0.39, 0.29) is 12.1 Å². The lowest BCUT2D eigenvalue weighted by atomic mass is 9.92. The largest absolute Gasteiger partial charge is 0.344 e. The fourth-order valence-electron chi connectivity index (χ4n) is 4.43. The third-order valence-electron chi connectivity index (χ3n) is 5.73. The highest BCUT2D eigenvalue weighted by Crippen LogP contribution is 2.47. The van der Waals surface area contributed by atoms with E-state index >= 15 is 0 Å². The van der Waals surface area contributed by atoms with Gasteiger partial charge < -0.3 is 9.80 Å². The normalized spacial score (nSPS) is 18.8. The van der Waals surface area contributed by atoms with Gasteiger partial charge in [0.05, 0.1) is 18.8 Å². The summed E-state index contributed by atoms with van der Waals surface area (Å²) in [6.07, 6.45) is 0. The van der Waals surface area contributed by atoms with Crippen LogP contribution in [0.2, 0.25) is 0 Å². The van der Waals surface area contributed by atoms with Crippen LogP contribution in [0.4, 0.5) is 11.4 Å². The van der Waals surface area contributed by atoms with Crippen LogP contribution < -0.4 is 9.80 Å². The highest BCUT2D eigenvalue weighted by Gasteiger charge is 2.42. The molecule has 1 aliphatic rings. The fourth-order valence-corrected chi connectivity index (χ4v) is 4.43. The summed E-state index contributed by atoms with van der Waals surface area (Å²) in [7, 11) is 0. The van der Waals surface area contributed by atoms with E-state index in [1.165, 1.54) is 22.5 Å². The van der Waals surface area contributed by atoms with E-state index in [0.717, 1.165) is 6.67 Å². The van der Waals surface area contributed by atoms with Gasteiger partial charge >= 0.3 is 0 Å². The number of anilines is 2. The second-order valence-electron chi connectivity index (χ2n) is 7.46. The van der Waals surface area contributed by atoms with Gasteiger partial charge in [-0.1, -0.05) is 97.1 Å². The maximum Gasteiger partial charge on any atom is 0.0917 e. The first-order valence-corrected chi connectivity index (χ1v) is 10.1. The molecule has 2 unspecified atom stereocenters. The van der Waals surface area contributed by atoms with Gasteiger partial charge in [-0.25, -0.2) is 0 Å². The fraction of sp³-hybridized carbons (Fsp3) is 0.111. The van der Waals surface area contributed by atoms with E-state index in [2.05, 4.69) is 131 Å². The van der Waals surface area contributed by atoms with E-state index in [4.69, 9.17) is 0 Å². The van der Waals surface area contributed by atoms with Crippen molar-refractivity contribution in [2.75, 3.05) is 16.5 Å². The molecule has 5 rings (SSSR count). The summed E-state index contributed by atoms with van der Waals surface area (Å²) in [4.78, 5) is 5.06. The van der Waals surface area contributed by atoms with Gasteiger partial charge in [-0.05, 0) is 35.4 Å². The van der Waals surface area contributed by atoms with Gasteiger partial charge in [0, 0.05) is 11.4 Å². The van der Waals surface area contributed by atoms with E-state index in [1.807, 2.05) is 0 Å². The number of para-hydroxylation sites is 2. The minimum Gasteiger partial charge on any atom is -0.344 e. The molecular weight excluding hydrogens is 352 g/mol. The van der Waals surface area contributed by atoms with E-state index in [0.29, 0.717) is 0 Å². The maximum atomic E-state index is 2.53. The molecule has 2 atom stereocenters. The SMILES string of the molecule is c1ccc(C2C(c3ccccc3)N(c3ccccc3)CN2c2ccccc2)cc1. The lowest BCUT2D eigenvalue weighted by Gasteiger charge is -2.30. The summed E-state index contributed by atoms with van der Waals surface area (Å²) in [5.41, 5.74) is 5.17. The zero-order chi connectivity index (χ0) is 19.5. The van der Waals surface area contributed by atoms with Crippen molar-refractivity contribution < 1.29 is 0 Å². The summed E-state index contributed by atoms with van der Waals surface area (Å²) in [5, 5.41) is 0. The summed E-state index contributed by atoms with van der Waals surface area (Å²) in [6.45, 7) is 0.840. The van der Waals surface area contributed by atoms with Crippen molar-refractivity contribution in [2.24, 2.45) is 0 Å². The van der Waals surface area contributed by atoms with Crippen LogP contribution in [0, 0.1) is 0 Å². The van der Waals surface area contributed by atoms with Crippen LogP contribution in [0.1, 0.15) is 23.2 Å². The first-order valence-electron chi connectivity index (χ1n) is 10.1. The molecule has 1 aliphatic heterocycles. The molecule has 0 radical (unpaired) electrons. The molecule has 0 amide bonds. The van der Waals surface area contributed by atoms with Gasteiger partial charge in [0.25, 0.3) is 0 Å². The Morgan fingerprint density at radius 1 is 0.414 bits per heavy atom. The molecular formula is C27H24N2. The van der Waals surface area contributed by atoms with Gasteiger partial charge in [-0.3, -0.25) is 0 Å². The molecule has 0 aromatic heterocycles. The van der Waals surface area contributed by atoms with Crippen LogP contribution in [0.15, 0.2) is 121 Å². The van der Waals surface area contributed by atoms with Crippen molar-refractivity contribution >= 4 is 11.4 Å². The first kappa shape index (κ1) is 17.6. The summed E-state index contributed by atoms with van der Waals surface area (Å²) >= 11 is 0. The third-order valence-corrected chi connectivity index (χ3v) is 5.73. The highest BCUT2D eigenvalue weighted by atomic mass is 15.4. The minimum atomic E-state index is 0.223. The topological polar surface area (TPSA) is 6.48 Å². The summed E-state index contributed by atoms with van der Waals surface area (Å²) in [5.74, 6) is 0. The van der Waals surface area contributed by atoms with Crippen LogP contribution in [0.3, 0.4) is 0 Å². The molecule has 2 heteroatoms. The third kappa shape index (κ3) is 3.38. The lowest BCUT2D eigenvalue weighted by Crippen LogP contribution is -2.26. The van der Waals surface area contributed by atoms with Crippen LogP contribution in [-0.2, 0) is 0 Å². The molecule has 4 aromatic rings. The second-order valence-corrected chi connectivity index (χ2v) is 7.46. The Hall–Kier alpha value is -3.52. The Kier molecular flexibility index (Phi) is 4.75. The number of nitrogens with zero attached hydrogens (tertiary/aromatic N) is 2. The van der Waals surface area contributed by atoms with Crippen LogP contribution in [-0.4, -0.2) is 6.67 Å². The summed E-state index contributed by atoms with van der Waals surface area (Å²) in [6, 6.07) is 43.8. The Balaban J connectivity index is 1.69.